The first-order valence-corrected chi connectivity index (χ1v) is 7.20. The Hall–Kier alpha value is -2.10. The van der Waals surface area contributed by atoms with Gasteiger partial charge in [-0.1, -0.05) is 18.2 Å². The molecule has 1 aromatic heterocycles. The number of amides is 1. The summed E-state index contributed by atoms with van der Waals surface area (Å²) in [6.07, 6.45) is 4.63. The van der Waals surface area contributed by atoms with Gasteiger partial charge in [0.15, 0.2) is 0 Å². The minimum absolute atomic E-state index is 0.253. The first-order valence-electron chi connectivity index (χ1n) is 7.20. The summed E-state index contributed by atoms with van der Waals surface area (Å²) in [7, 11) is 0. The van der Waals surface area contributed by atoms with Crippen molar-refractivity contribution in [1.82, 2.24) is 9.88 Å². The number of carbonyl (C=O) groups excluding carboxylic acids is 1. The van der Waals surface area contributed by atoms with Gasteiger partial charge in [-0.25, -0.2) is 0 Å². The number of pyridine rings is 1. The zero-order valence-electron chi connectivity index (χ0n) is 11.5. The van der Waals surface area contributed by atoms with Gasteiger partial charge in [0.1, 0.15) is 0 Å². The van der Waals surface area contributed by atoms with Crippen molar-refractivity contribution in [1.29, 1.82) is 0 Å². The monoisotopic (exact) mass is 269 g/mol. The molecule has 0 radical (unpaired) electrons. The summed E-state index contributed by atoms with van der Waals surface area (Å²) in [6.45, 7) is 2.51. The van der Waals surface area contributed by atoms with E-state index in [2.05, 4.69) is 10.3 Å². The van der Waals surface area contributed by atoms with Gasteiger partial charge in [0.25, 0.3) is 0 Å². The molecule has 2 heterocycles. The van der Waals surface area contributed by atoms with Crippen LogP contribution in [-0.4, -0.2) is 35.4 Å². The Labute approximate surface area is 118 Å². The fourth-order valence-electron chi connectivity index (χ4n) is 2.68. The summed E-state index contributed by atoms with van der Waals surface area (Å²) in [5, 5.41) is 4.45. The standard InChI is InChI=1S/C16H19N3O/c20-15(19-11-1-2-12-19)8-10-17-14-7-3-5-13-6-4-9-18-16(13)14/h3-7,9,17H,1-2,8,10-12H2. The molecule has 1 fully saturated rings. The van der Waals surface area contributed by atoms with Crippen molar-refractivity contribution in [3.05, 3.63) is 36.5 Å². The summed E-state index contributed by atoms with van der Waals surface area (Å²) in [5.74, 6) is 0.253. The average molecular weight is 269 g/mol. The molecule has 1 aromatic carbocycles. The molecule has 1 aliphatic heterocycles. The third kappa shape index (κ3) is 2.74. The lowest BCUT2D eigenvalue weighted by Gasteiger charge is -2.15. The van der Waals surface area contributed by atoms with E-state index in [1.807, 2.05) is 35.2 Å². The van der Waals surface area contributed by atoms with E-state index in [9.17, 15) is 4.79 Å². The third-order valence-corrected chi connectivity index (χ3v) is 3.75. The molecule has 104 valence electrons. The van der Waals surface area contributed by atoms with Gasteiger partial charge in [-0.15, -0.1) is 0 Å². The van der Waals surface area contributed by atoms with Crippen LogP contribution >= 0.6 is 0 Å². The predicted molar refractivity (Wildman–Crippen MR) is 80.7 cm³/mol. The average Bonchev–Trinajstić information content (AvgIpc) is 3.02. The molecule has 4 heteroatoms. The lowest BCUT2D eigenvalue weighted by atomic mass is 10.2. The second-order valence-corrected chi connectivity index (χ2v) is 5.15. The number of rotatable bonds is 4. The van der Waals surface area contributed by atoms with Gasteiger partial charge in [-0.2, -0.15) is 0 Å². The fraction of sp³-hybridized carbons (Fsp3) is 0.375. The van der Waals surface area contributed by atoms with Crippen molar-refractivity contribution in [2.75, 3.05) is 25.0 Å². The normalized spacial score (nSPS) is 14.7. The highest BCUT2D eigenvalue weighted by Crippen LogP contribution is 2.20. The molecule has 1 saturated heterocycles. The number of nitrogens with one attached hydrogen (secondary N) is 1. The van der Waals surface area contributed by atoms with E-state index in [0.29, 0.717) is 13.0 Å². The topological polar surface area (TPSA) is 45.2 Å². The van der Waals surface area contributed by atoms with Crippen molar-refractivity contribution in [3.8, 4) is 0 Å². The van der Waals surface area contributed by atoms with E-state index < -0.39 is 0 Å². The molecular formula is C16H19N3O. The highest BCUT2D eigenvalue weighted by molar-refractivity contribution is 5.90. The van der Waals surface area contributed by atoms with E-state index in [0.717, 1.165) is 42.5 Å². The SMILES string of the molecule is O=C(CCNc1cccc2cccnc12)N1CCCC1. The number of para-hydroxylation sites is 1. The summed E-state index contributed by atoms with van der Waals surface area (Å²) in [5.41, 5.74) is 1.96. The maximum Gasteiger partial charge on any atom is 0.224 e. The number of benzene rings is 1. The fourth-order valence-corrected chi connectivity index (χ4v) is 2.68. The number of fused-ring (bicyclic) bond motifs is 1. The number of carbonyl (C=O) groups is 1. The van der Waals surface area contributed by atoms with Crippen LogP contribution < -0.4 is 5.32 Å². The van der Waals surface area contributed by atoms with Gasteiger partial charge in [0.2, 0.25) is 5.91 Å². The number of hydrogen-bond donors (Lipinski definition) is 1. The van der Waals surface area contributed by atoms with Crippen molar-refractivity contribution in [2.45, 2.75) is 19.3 Å². The number of likely N-dealkylation sites (tertiary alicyclic amines) is 1. The van der Waals surface area contributed by atoms with Gasteiger partial charge in [0.05, 0.1) is 11.2 Å². The first kappa shape index (κ1) is 12.9. The van der Waals surface area contributed by atoms with Crippen LogP contribution in [0.3, 0.4) is 0 Å². The second kappa shape index (κ2) is 5.90. The molecule has 1 N–H and O–H groups in total. The lowest BCUT2D eigenvalue weighted by molar-refractivity contribution is -0.129. The zero-order valence-corrected chi connectivity index (χ0v) is 11.5. The van der Waals surface area contributed by atoms with Gasteiger partial charge < -0.3 is 10.2 Å². The Morgan fingerprint density at radius 3 is 2.85 bits per heavy atom. The maximum absolute atomic E-state index is 12.0. The first-order chi connectivity index (χ1) is 9.84. The molecular weight excluding hydrogens is 250 g/mol. The van der Waals surface area contributed by atoms with Gasteiger partial charge in [0, 0.05) is 37.6 Å². The Bertz CT molecular complexity index is 600. The van der Waals surface area contributed by atoms with Gasteiger partial charge in [-0.3, -0.25) is 9.78 Å². The molecule has 0 bridgehead atoms. The highest BCUT2D eigenvalue weighted by atomic mass is 16.2. The molecule has 4 nitrogen and oxygen atoms in total. The molecule has 20 heavy (non-hydrogen) atoms. The largest absolute Gasteiger partial charge is 0.383 e. The van der Waals surface area contributed by atoms with Crippen LogP contribution in [0, 0.1) is 0 Å². The molecule has 3 rings (SSSR count). The quantitative estimate of drug-likeness (QED) is 0.928. The summed E-state index contributed by atoms with van der Waals surface area (Å²) in [4.78, 5) is 18.3. The third-order valence-electron chi connectivity index (χ3n) is 3.75. The molecule has 0 saturated carbocycles. The number of hydrogen-bond acceptors (Lipinski definition) is 3. The number of anilines is 1. The Morgan fingerprint density at radius 1 is 1.20 bits per heavy atom. The molecule has 0 aliphatic carbocycles. The van der Waals surface area contributed by atoms with Crippen molar-refractivity contribution in [2.24, 2.45) is 0 Å². The predicted octanol–water partition coefficient (Wildman–Crippen LogP) is 2.66. The van der Waals surface area contributed by atoms with Crippen molar-refractivity contribution in [3.63, 3.8) is 0 Å². The molecule has 0 unspecified atom stereocenters. The van der Waals surface area contributed by atoms with E-state index in [1.54, 1.807) is 6.20 Å². The maximum atomic E-state index is 12.0. The van der Waals surface area contributed by atoms with E-state index in [-0.39, 0.29) is 5.91 Å². The van der Waals surface area contributed by atoms with Crippen LogP contribution in [-0.2, 0) is 4.79 Å². The van der Waals surface area contributed by atoms with Crippen LogP contribution in [0.5, 0.6) is 0 Å². The van der Waals surface area contributed by atoms with E-state index >= 15 is 0 Å². The molecule has 0 atom stereocenters. The Kier molecular flexibility index (Phi) is 3.81. The minimum atomic E-state index is 0.253. The number of aromatic nitrogens is 1. The number of nitrogens with zero attached hydrogens (tertiary/aromatic N) is 2. The molecule has 1 aliphatic rings. The van der Waals surface area contributed by atoms with Crippen LogP contribution in [0.1, 0.15) is 19.3 Å². The summed E-state index contributed by atoms with van der Waals surface area (Å²) < 4.78 is 0. The lowest BCUT2D eigenvalue weighted by Crippen LogP contribution is -2.29. The summed E-state index contributed by atoms with van der Waals surface area (Å²) >= 11 is 0. The van der Waals surface area contributed by atoms with Crippen LogP contribution in [0.15, 0.2) is 36.5 Å². The second-order valence-electron chi connectivity index (χ2n) is 5.15. The molecule has 1 amide bonds. The molecule has 2 aromatic rings. The minimum Gasteiger partial charge on any atom is -0.383 e. The zero-order chi connectivity index (χ0) is 13.8. The van der Waals surface area contributed by atoms with Gasteiger partial charge >= 0.3 is 0 Å². The summed E-state index contributed by atoms with van der Waals surface area (Å²) in [6, 6.07) is 10.0. The van der Waals surface area contributed by atoms with E-state index in [1.165, 1.54) is 0 Å². The Balaban J connectivity index is 1.61. The molecule has 0 spiro atoms. The highest BCUT2D eigenvalue weighted by Gasteiger charge is 2.17. The smallest absolute Gasteiger partial charge is 0.224 e. The van der Waals surface area contributed by atoms with Crippen LogP contribution in [0.4, 0.5) is 5.69 Å². The van der Waals surface area contributed by atoms with Crippen molar-refractivity contribution < 1.29 is 4.79 Å². The van der Waals surface area contributed by atoms with Crippen LogP contribution in [0.25, 0.3) is 10.9 Å². The van der Waals surface area contributed by atoms with Crippen LogP contribution in [0.2, 0.25) is 0 Å². The Morgan fingerprint density at radius 2 is 2.00 bits per heavy atom. The van der Waals surface area contributed by atoms with Gasteiger partial charge in [-0.05, 0) is 25.0 Å². The van der Waals surface area contributed by atoms with E-state index in [4.69, 9.17) is 0 Å². The van der Waals surface area contributed by atoms with Crippen molar-refractivity contribution >= 4 is 22.5 Å².